The van der Waals surface area contributed by atoms with Crippen LogP contribution in [0.25, 0.3) is 0 Å². The monoisotopic (exact) mass is 396 g/mol. The fraction of sp³-hybridized carbons (Fsp3) is 0.400. The van der Waals surface area contributed by atoms with Crippen molar-refractivity contribution >= 4 is 5.91 Å². The summed E-state index contributed by atoms with van der Waals surface area (Å²) < 4.78 is 43.5. The molecule has 2 atom stereocenters. The van der Waals surface area contributed by atoms with Crippen LogP contribution in [0, 0.1) is 6.92 Å². The average Bonchev–Trinajstić information content (AvgIpc) is 2.64. The highest BCUT2D eigenvalue weighted by Crippen LogP contribution is 2.26. The van der Waals surface area contributed by atoms with Gasteiger partial charge in [0, 0.05) is 7.11 Å². The summed E-state index contributed by atoms with van der Waals surface area (Å²) in [5.74, 6) is -0.744. The van der Waals surface area contributed by atoms with Gasteiger partial charge in [0.15, 0.2) is 0 Å². The summed E-state index contributed by atoms with van der Waals surface area (Å²) in [5.41, 5.74) is -0.802. The van der Waals surface area contributed by atoms with Crippen LogP contribution in [0.1, 0.15) is 53.0 Å². The number of hydrogen-bond donors (Lipinski definition) is 2. The number of nitrogens with one attached hydrogen (secondary N) is 2. The maximum absolute atomic E-state index is 12.7. The number of alkyl halides is 3. The van der Waals surface area contributed by atoms with E-state index in [1.54, 1.807) is 12.1 Å². The van der Waals surface area contributed by atoms with Crippen molar-refractivity contribution in [2.24, 2.45) is 0 Å². The molecule has 5 nitrogen and oxygen atoms in total. The molecule has 1 heterocycles. The third-order valence-corrected chi connectivity index (χ3v) is 4.53. The van der Waals surface area contributed by atoms with E-state index < -0.39 is 29.4 Å². The molecule has 0 aliphatic rings. The minimum absolute atomic E-state index is 0.127. The van der Waals surface area contributed by atoms with Gasteiger partial charge in [-0.15, -0.1) is 0 Å². The Hall–Kier alpha value is -2.61. The van der Waals surface area contributed by atoms with Crippen molar-refractivity contribution in [1.29, 1.82) is 0 Å². The number of carbonyl (C=O) groups excluding carboxylic acids is 1. The number of carbonyl (C=O) groups is 1. The fourth-order valence-electron chi connectivity index (χ4n) is 2.82. The average molecular weight is 396 g/mol. The van der Waals surface area contributed by atoms with Gasteiger partial charge in [0.25, 0.3) is 11.5 Å². The Labute approximate surface area is 160 Å². The normalized spacial score (nSPS) is 13.8. The molecule has 0 fully saturated rings. The van der Waals surface area contributed by atoms with Gasteiger partial charge in [-0.3, -0.25) is 9.59 Å². The summed E-state index contributed by atoms with van der Waals surface area (Å²) in [7, 11) is 1.57. The lowest BCUT2D eigenvalue weighted by Gasteiger charge is -2.23. The number of methoxy groups -OCH3 is 1. The third kappa shape index (κ3) is 5.45. The van der Waals surface area contributed by atoms with Crippen LogP contribution in [0.5, 0.6) is 0 Å². The van der Waals surface area contributed by atoms with E-state index in [-0.39, 0.29) is 11.7 Å². The van der Waals surface area contributed by atoms with Gasteiger partial charge in [0.1, 0.15) is 11.3 Å². The van der Waals surface area contributed by atoms with Crippen LogP contribution < -0.4 is 10.9 Å². The molecule has 28 heavy (non-hydrogen) atoms. The predicted molar refractivity (Wildman–Crippen MR) is 99.2 cm³/mol. The minimum Gasteiger partial charge on any atom is -0.381 e. The van der Waals surface area contributed by atoms with Gasteiger partial charge in [-0.2, -0.15) is 13.2 Å². The molecule has 1 amide bonds. The van der Waals surface area contributed by atoms with E-state index in [2.05, 4.69) is 5.32 Å². The Morgan fingerprint density at radius 1 is 1.18 bits per heavy atom. The lowest BCUT2D eigenvalue weighted by atomic mass is 9.98. The zero-order valence-electron chi connectivity index (χ0n) is 15.9. The van der Waals surface area contributed by atoms with E-state index in [1.165, 1.54) is 0 Å². The molecule has 2 aromatic rings. The summed E-state index contributed by atoms with van der Waals surface area (Å²) in [6.45, 7) is 3.88. The van der Waals surface area contributed by atoms with E-state index >= 15 is 0 Å². The summed E-state index contributed by atoms with van der Waals surface area (Å²) in [4.78, 5) is 26.3. The number of ether oxygens (including phenoxy) is 1. The van der Waals surface area contributed by atoms with Gasteiger partial charge >= 0.3 is 6.18 Å². The van der Waals surface area contributed by atoms with Crippen LogP contribution >= 0.6 is 0 Å². The highest BCUT2D eigenvalue weighted by atomic mass is 19.4. The molecule has 152 valence electrons. The Balaban J connectivity index is 2.29. The first-order valence-electron chi connectivity index (χ1n) is 8.86. The molecule has 2 rings (SSSR count). The van der Waals surface area contributed by atoms with Crippen molar-refractivity contribution in [2.75, 3.05) is 7.11 Å². The van der Waals surface area contributed by atoms with Crippen LogP contribution in [0.2, 0.25) is 0 Å². The van der Waals surface area contributed by atoms with Crippen LogP contribution in [-0.4, -0.2) is 24.1 Å². The van der Waals surface area contributed by atoms with Crippen molar-refractivity contribution in [3.8, 4) is 0 Å². The van der Waals surface area contributed by atoms with Crippen molar-refractivity contribution in [3.05, 3.63) is 69.1 Å². The SMILES string of the molecule is CC[C@@H](CC(NC(=O)c1ccc(C(F)(F)F)[nH]c1=O)c1ccc(C)cc1)OC. The van der Waals surface area contributed by atoms with E-state index in [0.717, 1.165) is 23.6 Å². The Morgan fingerprint density at radius 2 is 1.82 bits per heavy atom. The second kappa shape index (κ2) is 9.05. The number of pyridine rings is 1. The van der Waals surface area contributed by atoms with Gasteiger partial charge in [0.2, 0.25) is 0 Å². The Morgan fingerprint density at radius 3 is 2.32 bits per heavy atom. The number of benzene rings is 1. The first-order valence-corrected chi connectivity index (χ1v) is 8.86. The molecule has 0 spiro atoms. The maximum atomic E-state index is 12.7. The predicted octanol–water partition coefficient (Wildman–Crippen LogP) is 3.99. The van der Waals surface area contributed by atoms with E-state index in [9.17, 15) is 22.8 Å². The highest BCUT2D eigenvalue weighted by Gasteiger charge is 2.32. The number of halogens is 3. The summed E-state index contributed by atoms with van der Waals surface area (Å²) in [6, 6.07) is 8.62. The molecule has 0 saturated carbocycles. The van der Waals surface area contributed by atoms with E-state index in [0.29, 0.717) is 12.5 Å². The van der Waals surface area contributed by atoms with Gasteiger partial charge in [-0.1, -0.05) is 36.8 Å². The molecular weight excluding hydrogens is 373 g/mol. The smallest absolute Gasteiger partial charge is 0.381 e. The van der Waals surface area contributed by atoms with Crippen molar-refractivity contribution in [3.63, 3.8) is 0 Å². The Bertz CT molecular complexity index is 856. The number of aromatic amines is 1. The molecule has 1 unspecified atom stereocenters. The van der Waals surface area contributed by atoms with Crippen LogP contribution in [0.3, 0.4) is 0 Å². The quantitative estimate of drug-likeness (QED) is 0.744. The molecule has 2 N–H and O–H groups in total. The lowest BCUT2D eigenvalue weighted by Crippen LogP contribution is -2.35. The second-order valence-electron chi connectivity index (χ2n) is 6.55. The largest absolute Gasteiger partial charge is 0.431 e. The molecule has 1 aromatic carbocycles. The second-order valence-corrected chi connectivity index (χ2v) is 6.55. The zero-order chi connectivity index (χ0) is 20.9. The number of H-pyrrole nitrogens is 1. The van der Waals surface area contributed by atoms with E-state index in [1.807, 2.05) is 38.1 Å². The molecule has 0 radical (unpaired) electrons. The number of aryl methyl sites for hydroxylation is 1. The highest BCUT2D eigenvalue weighted by molar-refractivity contribution is 5.94. The van der Waals surface area contributed by atoms with Gasteiger partial charge in [-0.25, -0.2) is 0 Å². The molecule has 0 aliphatic carbocycles. The lowest BCUT2D eigenvalue weighted by molar-refractivity contribution is -0.141. The zero-order valence-corrected chi connectivity index (χ0v) is 15.9. The van der Waals surface area contributed by atoms with Crippen LogP contribution in [0.15, 0.2) is 41.2 Å². The summed E-state index contributed by atoms with van der Waals surface area (Å²) in [6.07, 6.45) is -3.64. The molecule has 0 aliphatic heterocycles. The van der Waals surface area contributed by atoms with Crippen LogP contribution in [0.4, 0.5) is 13.2 Å². The molecule has 0 saturated heterocycles. The number of amides is 1. The maximum Gasteiger partial charge on any atom is 0.431 e. The van der Waals surface area contributed by atoms with Crippen molar-refractivity contribution < 1.29 is 22.7 Å². The third-order valence-electron chi connectivity index (χ3n) is 4.53. The van der Waals surface area contributed by atoms with Crippen molar-refractivity contribution in [2.45, 2.75) is 45.0 Å². The van der Waals surface area contributed by atoms with Crippen molar-refractivity contribution in [1.82, 2.24) is 10.3 Å². The minimum atomic E-state index is -4.69. The molecular formula is C20H23F3N2O3. The summed E-state index contributed by atoms with van der Waals surface area (Å²) in [5, 5.41) is 2.75. The standard InChI is InChI=1S/C20H23F3N2O3/c1-4-14(28-3)11-16(13-7-5-12(2)6-8-13)24-18(26)15-9-10-17(20(21,22)23)25-19(15)27/h5-10,14,16H,4,11H2,1-3H3,(H,24,26)(H,25,27)/t14-,16?/m0/s1. The van der Waals surface area contributed by atoms with Gasteiger partial charge in [0.05, 0.1) is 12.1 Å². The van der Waals surface area contributed by atoms with Gasteiger partial charge in [-0.05, 0) is 37.5 Å². The number of aromatic nitrogens is 1. The molecule has 1 aromatic heterocycles. The summed E-state index contributed by atoms with van der Waals surface area (Å²) >= 11 is 0. The topological polar surface area (TPSA) is 71.2 Å². The van der Waals surface area contributed by atoms with Crippen LogP contribution in [-0.2, 0) is 10.9 Å². The van der Waals surface area contributed by atoms with E-state index in [4.69, 9.17) is 4.74 Å². The molecule has 8 heteroatoms. The number of rotatable bonds is 7. The first kappa shape index (κ1) is 21.7. The first-order chi connectivity index (χ1) is 13.2. The fourth-order valence-corrected chi connectivity index (χ4v) is 2.82. The van der Waals surface area contributed by atoms with Gasteiger partial charge < -0.3 is 15.0 Å². The molecule has 0 bridgehead atoms. The number of hydrogen-bond acceptors (Lipinski definition) is 3. The Kier molecular flexibility index (Phi) is 7.01.